The summed E-state index contributed by atoms with van der Waals surface area (Å²) in [5.74, 6) is 1.38. The maximum atomic E-state index is 11.9. The number of benzene rings is 1. The molecule has 2 rings (SSSR count). The minimum absolute atomic E-state index is 0.172. The number of ether oxygens (including phenoxy) is 1. The van der Waals surface area contributed by atoms with Gasteiger partial charge in [-0.05, 0) is 36.4 Å². The highest BCUT2D eigenvalue weighted by molar-refractivity contribution is 7.99. The van der Waals surface area contributed by atoms with Gasteiger partial charge in [0.15, 0.2) is 0 Å². The van der Waals surface area contributed by atoms with Crippen LogP contribution in [0, 0.1) is 11.3 Å². The van der Waals surface area contributed by atoms with Crippen LogP contribution in [0.5, 0.6) is 5.75 Å². The molecule has 0 radical (unpaired) electrons. The van der Waals surface area contributed by atoms with E-state index in [1.54, 1.807) is 36.4 Å². The molecule has 1 heterocycles. The molecule has 0 N–H and O–H groups in total. The lowest BCUT2D eigenvalue weighted by Gasteiger charge is -2.11. The zero-order valence-electron chi connectivity index (χ0n) is 13.3. The van der Waals surface area contributed by atoms with E-state index >= 15 is 0 Å². The Bertz CT molecular complexity index is 811. The molecular weight excluding hydrogens is 346 g/mol. The van der Waals surface area contributed by atoms with Crippen LogP contribution in [0.3, 0.4) is 0 Å². The first-order chi connectivity index (χ1) is 11.4. The molecule has 1 aromatic carbocycles. The van der Waals surface area contributed by atoms with Crippen molar-refractivity contribution in [1.82, 2.24) is 9.29 Å². The fourth-order valence-corrected chi connectivity index (χ4v) is 3.26. The number of nitriles is 1. The third-order valence-corrected chi connectivity index (χ3v) is 5.78. The molecule has 0 atom stereocenters. The van der Waals surface area contributed by atoms with Gasteiger partial charge in [0, 0.05) is 26.0 Å². The molecule has 0 fully saturated rings. The van der Waals surface area contributed by atoms with Crippen molar-refractivity contribution in [1.29, 1.82) is 5.26 Å². The van der Waals surface area contributed by atoms with Crippen molar-refractivity contribution >= 4 is 21.8 Å². The van der Waals surface area contributed by atoms with Crippen LogP contribution in [-0.2, 0) is 10.0 Å². The van der Waals surface area contributed by atoms with Gasteiger partial charge in [0.2, 0.25) is 10.0 Å². The lowest BCUT2D eigenvalue weighted by molar-refractivity contribution is 0.344. The summed E-state index contributed by atoms with van der Waals surface area (Å²) in [6.45, 7) is 0.482. The molecule has 2 aromatic rings. The maximum Gasteiger partial charge on any atom is 0.244 e. The second kappa shape index (κ2) is 8.15. The Morgan fingerprint density at radius 3 is 2.46 bits per heavy atom. The number of aromatic nitrogens is 1. The minimum atomic E-state index is -3.45. The highest BCUT2D eigenvalue weighted by Gasteiger charge is 2.17. The Morgan fingerprint density at radius 1 is 1.21 bits per heavy atom. The Hall–Kier alpha value is -2.08. The van der Waals surface area contributed by atoms with Gasteiger partial charge in [0.05, 0.1) is 23.3 Å². The summed E-state index contributed by atoms with van der Waals surface area (Å²) in [5, 5.41) is 9.46. The second-order valence-corrected chi connectivity index (χ2v) is 8.22. The van der Waals surface area contributed by atoms with Gasteiger partial charge in [0.25, 0.3) is 0 Å². The first kappa shape index (κ1) is 18.3. The molecule has 0 bridgehead atoms. The van der Waals surface area contributed by atoms with Gasteiger partial charge < -0.3 is 4.74 Å². The molecule has 0 saturated carbocycles. The van der Waals surface area contributed by atoms with Crippen molar-refractivity contribution in [3.05, 3.63) is 48.2 Å². The van der Waals surface area contributed by atoms with E-state index in [4.69, 9.17) is 10.00 Å². The number of hydrogen-bond donors (Lipinski definition) is 0. The summed E-state index contributed by atoms with van der Waals surface area (Å²) >= 11 is 1.48. The summed E-state index contributed by atoms with van der Waals surface area (Å²) in [5.41, 5.74) is 0.591. The molecule has 0 aliphatic carbocycles. The monoisotopic (exact) mass is 363 g/mol. The lowest BCUT2D eigenvalue weighted by atomic mass is 10.2. The average Bonchev–Trinajstić information content (AvgIpc) is 2.59. The van der Waals surface area contributed by atoms with Crippen LogP contribution in [-0.4, -0.2) is 44.2 Å². The first-order valence-electron chi connectivity index (χ1n) is 7.08. The zero-order chi connectivity index (χ0) is 17.6. The summed E-state index contributed by atoms with van der Waals surface area (Å²) in [4.78, 5) is 4.33. The highest BCUT2D eigenvalue weighted by Crippen LogP contribution is 2.19. The molecule has 0 saturated heterocycles. The third-order valence-electron chi connectivity index (χ3n) is 3.07. The summed E-state index contributed by atoms with van der Waals surface area (Å²) in [7, 11) is -0.477. The van der Waals surface area contributed by atoms with Crippen LogP contribution in [0.1, 0.15) is 5.56 Å². The van der Waals surface area contributed by atoms with Crippen LogP contribution in [0.2, 0.25) is 0 Å². The van der Waals surface area contributed by atoms with Crippen LogP contribution in [0.25, 0.3) is 0 Å². The maximum absolute atomic E-state index is 11.9. The number of thioether (sulfide) groups is 1. The number of sulfonamides is 1. The van der Waals surface area contributed by atoms with Crippen LogP contribution in [0.15, 0.2) is 52.5 Å². The Balaban J connectivity index is 1.83. The normalized spacial score (nSPS) is 11.2. The molecule has 0 aliphatic rings. The molecule has 8 heteroatoms. The van der Waals surface area contributed by atoms with E-state index in [0.717, 1.165) is 9.33 Å². The average molecular weight is 363 g/mol. The van der Waals surface area contributed by atoms with Crippen molar-refractivity contribution in [2.75, 3.05) is 26.5 Å². The van der Waals surface area contributed by atoms with Crippen molar-refractivity contribution in [2.24, 2.45) is 0 Å². The van der Waals surface area contributed by atoms with E-state index in [0.29, 0.717) is 23.7 Å². The van der Waals surface area contributed by atoms with E-state index in [1.807, 2.05) is 0 Å². The van der Waals surface area contributed by atoms with Gasteiger partial charge >= 0.3 is 0 Å². The van der Waals surface area contributed by atoms with E-state index < -0.39 is 10.0 Å². The summed E-state index contributed by atoms with van der Waals surface area (Å²) in [6.07, 6.45) is 1.36. The topological polar surface area (TPSA) is 83.3 Å². The fraction of sp³-hybridized carbons (Fsp3) is 0.250. The number of pyridine rings is 1. The van der Waals surface area contributed by atoms with Gasteiger partial charge in [-0.2, -0.15) is 5.26 Å². The van der Waals surface area contributed by atoms with Gasteiger partial charge in [-0.15, -0.1) is 11.8 Å². The van der Waals surface area contributed by atoms with Crippen molar-refractivity contribution in [3.63, 3.8) is 0 Å². The number of hydrogen-bond acceptors (Lipinski definition) is 6. The number of rotatable bonds is 7. The lowest BCUT2D eigenvalue weighted by Crippen LogP contribution is -2.22. The summed E-state index contributed by atoms with van der Waals surface area (Å²) < 4.78 is 30.6. The molecule has 0 spiro atoms. The van der Waals surface area contributed by atoms with E-state index in [-0.39, 0.29) is 4.90 Å². The van der Waals surface area contributed by atoms with Crippen molar-refractivity contribution < 1.29 is 13.2 Å². The predicted molar refractivity (Wildman–Crippen MR) is 92.5 cm³/mol. The summed E-state index contributed by atoms with van der Waals surface area (Å²) in [6, 6.07) is 12.2. The standard InChI is InChI=1S/C16H17N3O3S2/c1-19(2)24(20,21)15-7-8-16(18-12-15)23-10-9-22-14-5-3-13(11-17)4-6-14/h3-8,12H,9-10H2,1-2H3. The van der Waals surface area contributed by atoms with E-state index in [1.165, 1.54) is 32.1 Å². The highest BCUT2D eigenvalue weighted by atomic mass is 32.2. The van der Waals surface area contributed by atoms with Crippen molar-refractivity contribution in [3.8, 4) is 11.8 Å². The Labute approximate surface area is 146 Å². The second-order valence-electron chi connectivity index (χ2n) is 4.95. The van der Waals surface area contributed by atoms with Crippen LogP contribution in [0.4, 0.5) is 0 Å². The van der Waals surface area contributed by atoms with Gasteiger partial charge in [0.1, 0.15) is 10.6 Å². The molecule has 0 aliphatic heterocycles. The SMILES string of the molecule is CN(C)S(=O)(=O)c1ccc(SCCOc2ccc(C#N)cc2)nc1. The van der Waals surface area contributed by atoms with Crippen LogP contribution >= 0.6 is 11.8 Å². The Kier molecular flexibility index (Phi) is 6.20. The fourth-order valence-electron chi connectivity index (χ4n) is 1.75. The molecule has 6 nitrogen and oxygen atoms in total. The van der Waals surface area contributed by atoms with Crippen LogP contribution < -0.4 is 4.74 Å². The molecule has 1 aromatic heterocycles. The molecule has 0 amide bonds. The largest absolute Gasteiger partial charge is 0.493 e. The molecule has 126 valence electrons. The number of nitrogens with zero attached hydrogens (tertiary/aromatic N) is 3. The van der Waals surface area contributed by atoms with E-state index in [2.05, 4.69) is 11.1 Å². The van der Waals surface area contributed by atoms with Gasteiger partial charge in [-0.25, -0.2) is 17.7 Å². The predicted octanol–water partition coefficient (Wildman–Crippen LogP) is 2.37. The van der Waals surface area contributed by atoms with Gasteiger partial charge in [-0.3, -0.25) is 0 Å². The van der Waals surface area contributed by atoms with Gasteiger partial charge in [-0.1, -0.05) is 0 Å². The smallest absolute Gasteiger partial charge is 0.244 e. The quantitative estimate of drug-likeness (QED) is 0.555. The van der Waals surface area contributed by atoms with Crippen molar-refractivity contribution in [2.45, 2.75) is 9.92 Å². The minimum Gasteiger partial charge on any atom is -0.493 e. The third kappa shape index (κ3) is 4.71. The molecule has 24 heavy (non-hydrogen) atoms. The first-order valence-corrected chi connectivity index (χ1v) is 9.50. The zero-order valence-corrected chi connectivity index (χ0v) is 15.0. The molecular formula is C16H17N3O3S2. The van der Waals surface area contributed by atoms with E-state index in [9.17, 15) is 8.42 Å². The molecule has 0 unspecified atom stereocenters. The Morgan fingerprint density at radius 2 is 1.92 bits per heavy atom.